The first kappa shape index (κ1) is 27.3. The highest BCUT2D eigenvalue weighted by Gasteiger charge is 2.35. The molecule has 0 bridgehead atoms. The third kappa shape index (κ3) is 4.90. The normalized spacial score (nSPS) is 15.1. The number of phenols is 1. The summed E-state index contributed by atoms with van der Waals surface area (Å²) in [5.74, 6) is -0.144. The fourth-order valence-corrected chi connectivity index (χ4v) is 5.79. The molecule has 4 rings (SSSR count). The van der Waals surface area contributed by atoms with Crippen molar-refractivity contribution in [1.82, 2.24) is 4.57 Å². The van der Waals surface area contributed by atoms with Crippen molar-refractivity contribution in [2.24, 2.45) is 4.99 Å². The molecule has 0 fully saturated rings. The molecule has 3 aromatic rings. The molecule has 1 aliphatic heterocycles. The third-order valence-electron chi connectivity index (χ3n) is 5.81. The van der Waals surface area contributed by atoms with Crippen molar-refractivity contribution >= 4 is 51.7 Å². The number of hydrogen-bond donors (Lipinski definition) is 1. The summed E-state index contributed by atoms with van der Waals surface area (Å²) in [6, 6.07) is 6.87. The van der Waals surface area contributed by atoms with E-state index in [-0.39, 0.29) is 20.3 Å². The van der Waals surface area contributed by atoms with Gasteiger partial charge in [-0.3, -0.25) is 19.5 Å². The first-order valence-corrected chi connectivity index (χ1v) is 13.1. The Labute approximate surface area is 233 Å². The van der Waals surface area contributed by atoms with Crippen LogP contribution >= 0.6 is 33.9 Å². The number of halogens is 1. The third-order valence-corrected chi connectivity index (χ3v) is 7.62. The second kappa shape index (κ2) is 10.9. The van der Waals surface area contributed by atoms with Gasteiger partial charge in [-0.05, 0) is 66.3 Å². The minimum Gasteiger partial charge on any atom is -0.501 e. The van der Waals surface area contributed by atoms with Gasteiger partial charge in [0.1, 0.15) is 17.5 Å². The van der Waals surface area contributed by atoms with Gasteiger partial charge in [-0.15, -0.1) is 0 Å². The van der Waals surface area contributed by atoms with Crippen LogP contribution in [0.2, 0.25) is 0 Å². The molecule has 0 radical (unpaired) electrons. The van der Waals surface area contributed by atoms with Crippen LogP contribution in [0.4, 0.5) is 5.69 Å². The number of esters is 1. The summed E-state index contributed by atoms with van der Waals surface area (Å²) in [6.45, 7) is 3.48. The summed E-state index contributed by atoms with van der Waals surface area (Å²) < 4.78 is 18.1. The van der Waals surface area contributed by atoms with E-state index < -0.39 is 33.9 Å². The van der Waals surface area contributed by atoms with E-state index in [9.17, 15) is 24.8 Å². The van der Waals surface area contributed by atoms with Crippen LogP contribution in [0.15, 0.2) is 51.4 Å². The molecule has 198 valence electrons. The highest BCUT2D eigenvalue weighted by molar-refractivity contribution is 14.1. The Morgan fingerprint density at radius 2 is 2.03 bits per heavy atom. The molecule has 0 spiro atoms. The van der Waals surface area contributed by atoms with Gasteiger partial charge in [0.05, 0.1) is 45.1 Å². The molecule has 0 amide bonds. The molecule has 0 saturated carbocycles. The smallest absolute Gasteiger partial charge is 0.338 e. The Kier molecular flexibility index (Phi) is 7.87. The lowest BCUT2D eigenvalue weighted by atomic mass is 9.95. The Hall–Kier alpha value is -3.72. The molecule has 1 aliphatic rings. The van der Waals surface area contributed by atoms with E-state index in [1.54, 1.807) is 54.6 Å². The SMILES string of the molecule is CCOC(=O)C1=C(C)N=c2s/c(=C\c3cc(I)c(O)c([N+](=O)[O-])c3)c(=O)n2[C@@H]1c1ccc(OC)cc1OC. The van der Waals surface area contributed by atoms with Crippen LogP contribution in [0.5, 0.6) is 17.2 Å². The molecule has 1 atom stereocenters. The van der Waals surface area contributed by atoms with E-state index in [1.807, 2.05) is 0 Å². The maximum Gasteiger partial charge on any atom is 0.338 e. The number of carbonyl (C=O) groups is 1. The lowest BCUT2D eigenvalue weighted by molar-refractivity contribution is -0.386. The van der Waals surface area contributed by atoms with Gasteiger partial charge >= 0.3 is 11.7 Å². The van der Waals surface area contributed by atoms with Crippen molar-refractivity contribution in [2.45, 2.75) is 19.9 Å². The van der Waals surface area contributed by atoms with Gasteiger partial charge in [0.25, 0.3) is 5.56 Å². The first-order valence-electron chi connectivity index (χ1n) is 11.2. The summed E-state index contributed by atoms with van der Waals surface area (Å²) in [4.78, 5) is 42.4. The minimum absolute atomic E-state index is 0.130. The van der Waals surface area contributed by atoms with E-state index in [1.165, 1.54) is 37.0 Å². The van der Waals surface area contributed by atoms with Gasteiger partial charge in [-0.1, -0.05) is 11.3 Å². The number of allylic oxidation sites excluding steroid dienone is 1. The second-order valence-electron chi connectivity index (χ2n) is 8.04. The quantitative estimate of drug-likeness (QED) is 0.178. The maximum atomic E-state index is 13.8. The molecule has 1 aromatic heterocycles. The number of carbonyl (C=O) groups excluding carboxylic acids is 1. The van der Waals surface area contributed by atoms with E-state index in [0.717, 1.165) is 11.3 Å². The number of benzene rings is 2. The minimum atomic E-state index is -0.914. The van der Waals surface area contributed by atoms with Gasteiger partial charge in [-0.2, -0.15) is 0 Å². The number of aromatic hydroxyl groups is 1. The van der Waals surface area contributed by atoms with Gasteiger partial charge in [0.15, 0.2) is 4.80 Å². The van der Waals surface area contributed by atoms with Crippen LogP contribution < -0.4 is 24.4 Å². The number of ether oxygens (including phenoxy) is 3. The fourth-order valence-electron chi connectivity index (χ4n) is 4.11. The number of nitro groups is 1. The number of nitrogens with zero attached hydrogens (tertiary/aromatic N) is 3. The Bertz CT molecular complexity index is 1670. The number of phenolic OH excluding ortho intramolecular Hbond substituents is 1. The van der Waals surface area contributed by atoms with Gasteiger partial charge in [0.2, 0.25) is 5.75 Å². The standard InChI is InChI=1S/C25H22IN3O8S/c1-5-37-24(32)20-12(2)27-25-28(21(20)15-7-6-14(35-3)11-18(15)36-4)23(31)19(38-25)10-13-8-16(26)22(30)17(9-13)29(33)34/h6-11,21,30H,5H2,1-4H3/b19-10-/t21-/m1/s1. The van der Waals surface area contributed by atoms with Crippen LogP contribution in [0, 0.1) is 13.7 Å². The molecule has 0 saturated heterocycles. The maximum absolute atomic E-state index is 13.8. The van der Waals surface area contributed by atoms with E-state index in [2.05, 4.69) is 4.99 Å². The highest BCUT2D eigenvalue weighted by atomic mass is 127. The molecule has 11 nitrogen and oxygen atoms in total. The summed E-state index contributed by atoms with van der Waals surface area (Å²) in [5.41, 5.74) is 0.504. The lowest BCUT2D eigenvalue weighted by Gasteiger charge is -2.26. The van der Waals surface area contributed by atoms with Crippen LogP contribution in [0.25, 0.3) is 6.08 Å². The summed E-state index contributed by atoms with van der Waals surface area (Å²) in [6.07, 6.45) is 1.49. The molecular formula is C25H22IN3O8S. The zero-order valence-electron chi connectivity index (χ0n) is 20.7. The van der Waals surface area contributed by atoms with E-state index in [0.29, 0.717) is 33.1 Å². The van der Waals surface area contributed by atoms with Crippen molar-refractivity contribution in [3.8, 4) is 17.2 Å². The Morgan fingerprint density at radius 1 is 1.29 bits per heavy atom. The number of fused-ring (bicyclic) bond motifs is 1. The van der Waals surface area contributed by atoms with E-state index in [4.69, 9.17) is 14.2 Å². The monoisotopic (exact) mass is 651 g/mol. The number of thiazole rings is 1. The fraction of sp³-hybridized carbons (Fsp3) is 0.240. The Morgan fingerprint density at radius 3 is 2.66 bits per heavy atom. The van der Waals surface area contributed by atoms with Gasteiger partial charge in [0, 0.05) is 17.7 Å². The summed E-state index contributed by atoms with van der Waals surface area (Å²) in [7, 11) is 2.99. The van der Waals surface area contributed by atoms with Crippen LogP contribution in [-0.2, 0) is 9.53 Å². The van der Waals surface area contributed by atoms with Crippen LogP contribution in [0.1, 0.15) is 31.0 Å². The van der Waals surface area contributed by atoms with Crippen LogP contribution in [0.3, 0.4) is 0 Å². The second-order valence-corrected chi connectivity index (χ2v) is 10.2. The van der Waals surface area contributed by atoms with Gasteiger partial charge in [-0.25, -0.2) is 9.79 Å². The largest absolute Gasteiger partial charge is 0.501 e. The topological polar surface area (TPSA) is 142 Å². The number of aromatic nitrogens is 1. The molecule has 1 N–H and O–H groups in total. The van der Waals surface area contributed by atoms with Crippen molar-refractivity contribution in [1.29, 1.82) is 0 Å². The zero-order valence-corrected chi connectivity index (χ0v) is 23.7. The molecule has 13 heteroatoms. The number of hydrogen-bond acceptors (Lipinski definition) is 10. The number of nitro benzene ring substituents is 1. The average molecular weight is 651 g/mol. The van der Waals surface area contributed by atoms with Crippen molar-refractivity contribution < 1.29 is 29.0 Å². The molecule has 0 aliphatic carbocycles. The summed E-state index contributed by atoms with van der Waals surface area (Å²) >= 11 is 2.86. The molecule has 0 unspecified atom stereocenters. The molecule has 38 heavy (non-hydrogen) atoms. The predicted octanol–water partition coefficient (Wildman–Crippen LogP) is 3.03. The van der Waals surface area contributed by atoms with Gasteiger partial charge < -0.3 is 19.3 Å². The predicted molar refractivity (Wildman–Crippen MR) is 147 cm³/mol. The average Bonchev–Trinajstić information content (AvgIpc) is 3.18. The van der Waals surface area contributed by atoms with E-state index >= 15 is 0 Å². The number of rotatable bonds is 7. The van der Waals surface area contributed by atoms with Crippen LogP contribution in [-0.4, -0.2) is 41.4 Å². The molecule has 2 aromatic carbocycles. The Balaban J connectivity index is 2.00. The highest BCUT2D eigenvalue weighted by Crippen LogP contribution is 2.38. The molecular weight excluding hydrogens is 629 g/mol. The molecule has 2 heterocycles. The zero-order chi connectivity index (χ0) is 27.7. The first-order chi connectivity index (χ1) is 18.1. The van der Waals surface area contributed by atoms with Crippen molar-refractivity contribution in [2.75, 3.05) is 20.8 Å². The lowest BCUT2D eigenvalue weighted by Crippen LogP contribution is -2.40. The van der Waals surface area contributed by atoms with Crippen molar-refractivity contribution in [3.63, 3.8) is 0 Å². The number of methoxy groups -OCH3 is 2. The summed E-state index contributed by atoms with van der Waals surface area (Å²) in [5, 5.41) is 21.4. The van der Waals surface area contributed by atoms with Crippen molar-refractivity contribution in [3.05, 3.63) is 86.1 Å².